The molecule has 0 aromatic heterocycles. The second-order valence-corrected chi connectivity index (χ2v) is 4.96. The van der Waals surface area contributed by atoms with Crippen LogP contribution in [0.4, 0.5) is 0 Å². The highest BCUT2D eigenvalue weighted by Crippen LogP contribution is 2.30. The van der Waals surface area contributed by atoms with E-state index in [1.54, 1.807) is 7.11 Å². The Hall–Kier alpha value is -0.0800. The Morgan fingerprint density at radius 1 is 1.40 bits per heavy atom. The van der Waals surface area contributed by atoms with E-state index < -0.39 is 0 Å². The molecule has 1 N–H and O–H groups in total. The fourth-order valence-corrected chi connectivity index (χ4v) is 2.73. The molecule has 0 heterocycles. The molecule has 0 aromatic carbocycles. The normalized spacial score (nSPS) is 28.2. The molecule has 90 valence electrons. The van der Waals surface area contributed by atoms with E-state index in [1.807, 2.05) is 0 Å². The van der Waals surface area contributed by atoms with Crippen LogP contribution in [0.1, 0.15) is 52.4 Å². The molecule has 0 amide bonds. The summed E-state index contributed by atoms with van der Waals surface area (Å²) in [7, 11) is 1.78. The second-order valence-electron chi connectivity index (χ2n) is 4.96. The summed E-state index contributed by atoms with van der Waals surface area (Å²) >= 11 is 0. The first kappa shape index (κ1) is 13.0. The molecule has 15 heavy (non-hydrogen) atoms. The van der Waals surface area contributed by atoms with Gasteiger partial charge in [-0.05, 0) is 32.1 Å². The molecule has 0 radical (unpaired) electrons. The molecule has 1 rings (SSSR count). The molecule has 0 aromatic rings. The van der Waals surface area contributed by atoms with Gasteiger partial charge in [0, 0.05) is 19.2 Å². The minimum absolute atomic E-state index is 0.502. The number of nitrogens with one attached hydrogen (secondary N) is 1. The zero-order valence-corrected chi connectivity index (χ0v) is 10.6. The van der Waals surface area contributed by atoms with Crippen molar-refractivity contribution in [2.45, 2.75) is 64.5 Å². The van der Waals surface area contributed by atoms with Crippen LogP contribution in [-0.2, 0) is 4.74 Å². The highest BCUT2D eigenvalue weighted by molar-refractivity contribution is 4.84. The lowest BCUT2D eigenvalue weighted by atomic mass is 9.96. The van der Waals surface area contributed by atoms with Gasteiger partial charge in [-0.1, -0.05) is 26.2 Å². The Morgan fingerprint density at radius 2 is 2.20 bits per heavy atom. The SMILES string of the molecule is CCCCC1CCCC1NC(C)COC. The van der Waals surface area contributed by atoms with Crippen molar-refractivity contribution >= 4 is 0 Å². The fourth-order valence-electron chi connectivity index (χ4n) is 2.73. The minimum atomic E-state index is 0.502. The predicted octanol–water partition coefficient (Wildman–Crippen LogP) is 2.97. The quantitative estimate of drug-likeness (QED) is 0.702. The topological polar surface area (TPSA) is 21.3 Å². The van der Waals surface area contributed by atoms with Crippen molar-refractivity contribution in [3.63, 3.8) is 0 Å². The van der Waals surface area contributed by atoms with Gasteiger partial charge in [0.15, 0.2) is 0 Å². The van der Waals surface area contributed by atoms with Gasteiger partial charge >= 0.3 is 0 Å². The van der Waals surface area contributed by atoms with Gasteiger partial charge < -0.3 is 10.1 Å². The van der Waals surface area contributed by atoms with Crippen molar-refractivity contribution in [1.82, 2.24) is 5.32 Å². The molecule has 0 bridgehead atoms. The molecular formula is C13H27NO. The van der Waals surface area contributed by atoms with Gasteiger partial charge in [-0.25, -0.2) is 0 Å². The molecule has 1 aliphatic rings. The van der Waals surface area contributed by atoms with Gasteiger partial charge in [-0.15, -0.1) is 0 Å². The van der Waals surface area contributed by atoms with E-state index in [2.05, 4.69) is 19.2 Å². The molecule has 3 atom stereocenters. The van der Waals surface area contributed by atoms with Gasteiger partial charge in [0.25, 0.3) is 0 Å². The third-order valence-electron chi connectivity index (χ3n) is 3.50. The Morgan fingerprint density at radius 3 is 2.87 bits per heavy atom. The third-order valence-corrected chi connectivity index (χ3v) is 3.50. The minimum Gasteiger partial charge on any atom is -0.383 e. The molecule has 2 nitrogen and oxygen atoms in total. The fraction of sp³-hybridized carbons (Fsp3) is 1.00. The van der Waals surface area contributed by atoms with E-state index in [0.29, 0.717) is 6.04 Å². The highest BCUT2D eigenvalue weighted by atomic mass is 16.5. The summed E-state index contributed by atoms with van der Waals surface area (Å²) in [5.41, 5.74) is 0. The molecule has 3 unspecified atom stereocenters. The predicted molar refractivity (Wildman–Crippen MR) is 65.1 cm³/mol. The summed E-state index contributed by atoms with van der Waals surface area (Å²) in [5.74, 6) is 0.921. The molecule has 0 aliphatic heterocycles. The Kier molecular flexibility index (Phi) is 6.26. The van der Waals surface area contributed by atoms with Gasteiger partial charge in [0.2, 0.25) is 0 Å². The molecular weight excluding hydrogens is 186 g/mol. The largest absolute Gasteiger partial charge is 0.383 e. The number of hydrogen-bond donors (Lipinski definition) is 1. The summed E-state index contributed by atoms with van der Waals surface area (Å²) in [6.45, 7) is 5.33. The van der Waals surface area contributed by atoms with Crippen LogP contribution in [-0.4, -0.2) is 25.8 Å². The van der Waals surface area contributed by atoms with E-state index in [0.717, 1.165) is 18.6 Å². The number of methoxy groups -OCH3 is 1. The number of unbranched alkanes of at least 4 members (excludes halogenated alkanes) is 1. The summed E-state index contributed by atoms with van der Waals surface area (Å²) in [6.07, 6.45) is 8.33. The van der Waals surface area contributed by atoms with Crippen LogP contribution < -0.4 is 5.32 Å². The van der Waals surface area contributed by atoms with Crippen molar-refractivity contribution < 1.29 is 4.74 Å². The zero-order chi connectivity index (χ0) is 11.1. The van der Waals surface area contributed by atoms with E-state index in [9.17, 15) is 0 Å². The van der Waals surface area contributed by atoms with Crippen molar-refractivity contribution in [3.05, 3.63) is 0 Å². The lowest BCUT2D eigenvalue weighted by Gasteiger charge is -2.24. The standard InChI is InChI=1S/C13H27NO/c1-4-5-7-12-8-6-9-13(12)14-11(2)10-15-3/h11-14H,4-10H2,1-3H3. The van der Waals surface area contributed by atoms with E-state index in [1.165, 1.54) is 38.5 Å². The van der Waals surface area contributed by atoms with E-state index in [4.69, 9.17) is 4.74 Å². The average Bonchev–Trinajstić information content (AvgIpc) is 2.63. The van der Waals surface area contributed by atoms with Gasteiger partial charge in [0.05, 0.1) is 6.61 Å². The number of hydrogen-bond acceptors (Lipinski definition) is 2. The molecule has 1 fully saturated rings. The maximum absolute atomic E-state index is 5.17. The third kappa shape index (κ3) is 4.52. The summed E-state index contributed by atoms with van der Waals surface area (Å²) in [4.78, 5) is 0. The average molecular weight is 213 g/mol. The van der Waals surface area contributed by atoms with Crippen LogP contribution in [0.5, 0.6) is 0 Å². The second kappa shape index (κ2) is 7.24. The highest BCUT2D eigenvalue weighted by Gasteiger charge is 2.27. The van der Waals surface area contributed by atoms with Crippen LogP contribution in [0.2, 0.25) is 0 Å². The smallest absolute Gasteiger partial charge is 0.0613 e. The van der Waals surface area contributed by atoms with Crippen LogP contribution in [0, 0.1) is 5.92 Å². The Balaban J connectivity index is 2.26. The van der Waals surface area contributed by atoms with Gasteiger partial charge in [-0.2, -0.15) is 0 Å². The molecule has 0 spiro atoms. The molecule has 2 heteroatoms. The van der Waals surface area contributed by atoms with E-state index >= 15 is 0 Å². The summed E-state index contributed by atoms with van der Waals surface area (Å²) < 4.78 is 5.17. The maximum Gasteiger partial charge on any atom is 0.0613 e. The van der Waals surface area contributed by atoms with Gasteiger partial charge in [0.1, 0.15) is 0 Å². The molecule has 0 saturated heterocycles. The Bertz CT molecular complexity index is 161. The first-order valence-electron chi connectivity index (χ1n) is 6.53. The summed E-state index contributed by atoms with van der Waals surface area (Å²) in [6, 6.07) is 1.25. The van der Waals surface area contributed by atoms with Crippen molar-refractivity contribution in [1.29, 1.82) is 0 Å². The van der Waals surface area contributed by atoms with Crippen molar-refractivity contribution in [2.24, 2.45) is 5.92 Å². The summed E-state index contributed by atoms with van der Waals surface area (Å²) in [5, 5.41) is 3.71. The Labute approximate surface area is 94.8 Å². The maximum atomic E-state index is 5.17. The van der Waals surface area contributed by atoms with Crippen molar-refractivity contribution in [2.75, 3.05) is 13.7 Å². The number of rotatable bonds is 7. The zero-order valence-electron chi connectivity index (χ0n) is 10.6. The van der Waals surface area contributed by atoms with Gasteiger partial charge in [-0.3, -0.25) is 0 Å². The van der Waals surface area contributed by atoms with E-state index in [-0.39, 0.29) is 0 Å². The first-order chi connectivity index (χ1) is 7.27. The molecule has 1 saturated carbocycles. The lowest BCUT2D eigenvalue weighted by molar-refractivity contribution is 0.161. The monoisotopic (exact) mass is 213 g/mol. The van der Waals surface area contributed by atoms with Crippen molar-refractivity contribution in [3.8, 4) is 0 Å². The molecule has 1 aliphatic carbocycles. The van der Waals surface area contributed by atoms with Crippen LogP contribution >= 0.6 is 0 Å². The number of ether oxygens (including phenoxy) is 1. The lowest BCUT2D eigenvalue weighted by Crippen LogP contribution is -2.41. The first-order valence-corrected chi connectivity index (χ1v) is 6.53. The van der Waals surface area contributed by atoms with Crippen LogP contribution in [0.25, 0.3) is 0 Å². The van der Waals surface area contributed by atoms with Crippen LogP contribution in [0.3, 0.4) is 0 Å². The van der Waals surface area contributed by atoms with Crippen LogP contribution in [0.15, 0.2) is 0 Å².